The molecule has 7 heteroatoms. The minimum absolute atomic E-state index is 0. The quantitative estimate of drug-likeness (QED) is 0.360. The van der Waals surface area contributed by atoms with Crippen LogP contribution in [0.3, 0.4) is 0 Å². The number of rotatable bonds is 5. The van der Waals surface area contributed by atoms with Crippen LogP contribution in [0.15, 0.2) is 29.3 Å². The van der Waals surface area contributed by atoms with E-state index < -0.39 is 0 Å². The minimum atomic E-state index is -0.179. The Balaban J connectivity index is 0.00000261. The van der Waals surface area contributed by atoms with Crippen LogP contribution in [0.1, 0.15) is 38.2 Å². The van der Waals surface area contributed by atoms with E-state index in [0.717, 1.165) is 37.5 Å². The number of nitrogens with zero attached hydrogens (tertiary/aromatic N) is 1. The molecule has 0 radical (unpaired) electrons. The first-order valence-corrected chi connectivity index (χ1v) is 10.5. The van der Waals surface area contributed by atoms with E-state index in [1.54, 1.807) is 19.2 Å². The maximum Gasteiger partial charge on any atom is 0.191 e. The Hall–Kier alpha value is -0.540. The average Bonchev–Trinajstić information content (AvgIpc) is 3.09. The van der Waals surface area contributed by atoms with Crippen LogP contribution in [0.5, 0.6) is 0 Å². The van der Waals surface area contributed by atoms with Crippen molar-refractivity contribution in [1.29, 1.82) is 0 Å². The molecule has 1 unspecified atom stereocenters. The molecule has 1 aromatic rings. The number of thioether (sulfide) groups is 1. The van der Waals surface area contributed by atoms with Gasteiger partial charge in [-0.2, -0.15) is 11.8 Å². The zero-order valence-corrected chi connectivity index (χ0v) is 19.4. The van der Waals surface area contributed by atoms with E-state index in [2.05, 4.69) is 22.5 Å². The molecule has 2 aliphatic rings. The van der Waals surface area contributed by atoms with Crippen molar-refractivity contribution in [3.63, 3.8) is 0 Å². The Morgan fingerprint density at radius 2 is 1.96 bits per heavy atom. The fourth-order valence-corrected chi connectivity index (χ4v) is 5.11. The lowest BCUT2D eigenvalue weighted by Crippen LogP contribution is -2.50. The SMILES string of the molecule is CN=C(NCC1(C)CCCS1)NCC1(c2cccc(F)c2)CCOCC1.I. The molecule has 1 aromatic carbocycles. The molecule has 0 amide bonds. The zero-order chi connectivity index (χ0) is 18.5. The van der Waals surface area contributed by atoms with Gasteiger partial charge in [-0.05, 0) is 56.1 Å². The zero-order valence-electron chi connectivity index (χ0n) is 16.2. The van der Waals surface area contributed by atoms with Crippen molar-refractivity contribution in [2.45, 2.75) is 42.8 Å². The molecular formula is C20H31FIN3OS. The van der Waals surface area contributed by atoms with Gasteiger partial charge < -0.3 is 15.4 Å². The molecule has 2 heterocycles. The van der Waals surface area contributed by atoms with Crippen molar-refractivity contribution in [3.8, 4) is 0 Å². The van der Waals surface area contributed by atoms with Gasteiger partial charge in [-0.25, -0.2) is 4.39 Å². The molecule has 0 aliphatic carbocycles. The Morgan fingerprint density at radius 3 is 2.59 bits per heavy atom. The van der Waals surface area contributed by atoms with Crippen LogP contribution in [0.25, 0.3) is 0 Å². The van der Waals surface area contributed by atoms with Crippen LogP contribution in [0.4, 0.5) is 4.39 Å². The van der Waals surface area contributed by atoms with Crippen LogP contribution in [0, 0.1) is 5.82 Å². The summed E-state index contributed by atoms with van der Waals surface area (Å²) in [5, 5.41) is 6.97. The minimum Gasteiger partial charge on any atom is -0.381 e. The van der Waals surface area contributed by atoms with Gasteiger partial charge in [-0.1, -0.05) is 12.1 Å². The third-order valence-corrected chi connectivity index (χ3v) is 7.17. The fourth-order valence-electron chi connectivity index (χ4n) is 3.87. The molecule has 0 saturated carbocycles. The summed E-state index contributed by atoms with van der Waals surface area (Å²) < 4.78 is 19.7. The largest absolute Gasteiger partial charge is 0.381 e. The van der Waals surface area contributed by atoms with E-state index in [1.807, 2.05) is 17.8 Å². The van der Waals surface area contributed by atoms with Gasteiger partial charge >= 0.3 is 0 Å². The number of hydrogen-bond donors (Lipinski definition) is 2. The van der Waals surface area contributed by atoms with Crippen LogP contribution < -0.4 is 10.6 Å². The summed E-state index contributed by atoms with van der Waals surface area (Å²) in [4.78, 5) is 4.39. The summed E-state index contributed by atoms with van der Waals surface area (Å²) in [5.41, 5.74) is 0.923. The molecule has 1 atom stereocenters. The van der Waals surface area contributed by atoms with Gasteiger partial charge in [0.2, 0.25) is 0 Å². The van der Waals surface area contributed by atoms with E-state index in [1.165, 1.54) is 24.7 Å². The third-order valence-electron chi connectivity index (χ3n) is 5.63. The number of guanidine groups is 1. The second kappa shape index (κ2) is 10.3. The second-order valence-electron chi connectivity index (χ2n) is 7.58. The summed E-state index contributed by atoms with van der Waals surface area (Å²) >= 11 is 2.04. The Morgan fingerprint density at radius 1 is 1.22 bits per heavy atom. The highest BCUT2D eigenvalue weighted by Gasteiger charge is 2.35. The van der Waals surface area contributed by atoms with Gasteiger partial charge in [-0.3, -0.25) is 4.99 Å². The molecule has 4 nitrogen and oxygen atoms in total. The van der Waals surface area contributed by atoms with Gasteiger partial charge in [-0.15, -0.1) is 24.0 Å². The standard InChI is InChI=1S/C20H30FN3OS.HI/c1-19(7-4-12-26-19)14-23-18(22-2)24-15-20(8-10-25-11-9-20)16-5-3-6-17(21)13-16;/h3,5-6,13H,4,7-12,14-15H2,1-2H3,(H2,22,23,24);1H. The van der Waals surface area contributed by atoms with Gasteiger partial charge in [0.25, 0.3) is 0 Å². The second-order valence-corrected chi connectivity index (χ2v) is 9.27. The number of hydrogen-bond acceptors (Lipinski definition) is 3. The van der Waals surface area contributed by atoms with Crippen molar-refractivity contribution in [2.75, 3.05) is 39.1 Å². The van der Waals surface area contributed by atoms with E-state index in [0.29, 0.717) is 13.2 Å². The van der Waals surface area contributed by atoms with E-state index in [9.17, 15) is 4.39 Å². The monoisotopic (exact) mass is 507 g/mol. The molecule has 152 valence electrons. The van der Waals surface area contributed by atoms with Crippen LogP contribution in [0.2, 0.25) is 0 Å². The molecule has 0 spiro atoms. The van der Waals surface area contributed by atoms with Gasteiger partial charge in [0.15, 0.2) is 5.96 Å². The Bertz CT molecular complexity index is 631. The van der Waals surface area contributed by atoms with Crippen molar-refractivity contribution in [3.05, 3.63) is 35.6 Å². The summed E-state index contributed by atoms with van der Waals surface area (Å²) in [5.74, 6) is 1.88. The average molecular weight is 507 g/mol. The number of halogens is 2. The van der Waals surface area contributed by atoms with Crippen molar-refractivity contribution >= 4 is 41.7 Å². The maximum atomic E-state index is 13.8. The first-order chi connectivity index (χ1) is 12.6. The number of aliphatic imine (C=N–C) groups is 1. The maximum absolute atomic E-state index is 13.8. The molecule has 2 aliphatic heterocycles. The predicted molar refractivity (Wildman–Crippen MR) is 123 cm³/mol. The highest BCUT2D eigenvalue weighted by atomic mass is 127. The molecule has 2 saturated heterocycles. The molecule has 0 bridgehead atoms. The highest BCUT2D eigenvalue weighted by Crippen LogP contribution is 2.37. The number of benzene rings is 1. The molecular weight excluding hydrogens is 476 g/mol. The van der Waals surface area contributed by atoms with Crippen molar-refractivity contribution < 1.29 is 9.13 Å². The van der Waals surface area contributed by atoms with Crippen LogP contribution in [-0.2, 0) is 10.2 Å². The summed E-state index contributed by atoms with van der Waals surface area (Å²) in [6, 6.07) is 7.00. The van der Waals surface area contributed by atoms with Gasteiger partial charge in [0.05, 0.1) is 0 Å². The third kappa shape index (κ3) is 5.97. The number of nitrogens with one attached hydrogen (secondary N) is 2. The number of ether oxygens (including phenoxy) is 1. The highest BCUT2D eigenvalue weighted by molar-refractivity contribution is 14.0. The summed E-state index contributed by atoms with van der Waals surface area (Å²) in [6.07, 6.45) is 4.30. The van der Waals surface area contributed by atoms with Crippen molar-refractivity contribution in [2.24, 2.45) is 4.99 Å². The lowest BCUT2D eigenvalue weighted by Gasteiger charge is -2.38. The first kappa shape index (κ1) is 22.7. The lowest BCUT2D eigenvalue weighted by molar-refractivity contribution is 0.0513. The molecule has 0 aromatic heterocycles. The fraction of sp³-hybridized carbons (Fsp3) is 0.650. The van der Waals surface area contributed by atoms with Crippen LogP contribution in [-0.4, -0.2) is 49.8 Å². The smallest absolute Gasteiger partial charge is 0.191 e. The first-order valence-electron chi connectivity index (χ1n) is 9.48. The van der Waals surface area contributed by atoms with E-state index in [4.69, 9.17) is 4.74 Å². The predicted octanol–water partition coefficient (Wildman–Crippen LogP) is 3.94. The molecule has 27 heavy (non-hydrogen) atoms. The van der Waals surface area contributed by atoms with Crippen LogP contribution >= 0.6 is 35.7 Å². The molecule has 2 N–H and O–H groups in total. The Kier molecular flexibility index (Phi) is 8.68. The topological polar surface area (TPSA) is 45.7 Å². The van der Waals surface area contributed by atoms with Gasteiger partial charge in [0, 0.05) is 43.5 Å². The molecule has 2 fully saturated rings. The lowest BCUT2D eigenvalue weighted by atomic mass is 9.74. The van der Waals surface area contributed by atoms with Gasteiger partial charge in [0.1, 0.15) is 5.82 Å². The normalized spacial score (nSPS) is 24.9. The molecule has 3 rings (SSSR count). The van der Waals surface area contributed by atoms with E-state index >= 15 is 0 Å². The summed E-state index contributed by atoms with van der Waals surface area (Å²) in [6.45, 7) is 5.37. The summed E-state index contributed by atoms with van der Waals surface area (Å²) in [7, 11) is 1.80. The Labute approximate surface area is 183 Å². The van der Waals surface area contributed by atoms with E-state index in [-0.39, 0.29) is 40.0 Å². The van der Waals surface area contributed by atoms with Crippen molar-refractivity contribution in [1.82, 2.24) is 10.6 Å².